The molecule has 24 heavy (non-hydrogen) atoms. The van der Waals surface area contributed by atoms with E-state index in [1.165, 1.54) is 6.07 Å². The molecule has 7 heteroatoms. The van der Waals surface area contributed by atoms with Gasteiger partial charge in [-0.3, -0.25) is 4.90 Å². The normalized spacial score (nSPS) is 20.2. The minimum absolute atomic E-state index is 0.0571. The maximum absolute atomic E-state index is 13.9. The number of aliphatic hydroxyl groups is 1. The fourth-order valence-corrected chi connectivity index (χ4v) is 3.12. The van der Waals surface area contributed by atoms with Gasteiger partial charge in [0.2, 0.25) is 5.89 Å². The minimum atomic E-state index is -0.565. The van der Waals surface area contributed by atoms with Crippen molar-refractivity contribution in [2.75, 3.05) is 26.8 Å². The number of hydrogen-bond acceptors (Lipinski definition) is 6. The highest BCUT2D eigenvalue weighted by molar-refractivity contribution is 5.53. The first-order valence-electron chi connectivity index (χ1n) is 8.18. The van der Waals surface area contributed by atoms with Gasteiger partial charge in [0, 0.05) is 13.7 Å². The number of nitrogens with zero attached hydrogens (tertiary/aromatic N) is 3. The van der Waals surface area contributed by atoms with Crippen molar-refractivity contribution < 1.29 is 18.7 Å². The van der Waals surface area contributed by atoms with Crippen LogP contribution in [0.2, 0.25) is 0 Å². The van der Waals surface area contributed by atoms with Crippen molar-refractivity contribution in [1.82, 2.24) is 15.1 Å². The molecule has 0 unspecified atom stereocenters. The van der Waals surface area contributed by atoms with E-state index in [0.29, 0.717) is 18.0 Å². The molecule has 1 aliphatic rings. The van der Waals surface area contributed by atoms with Gasteiger partial charge in [0.1, 0.15) is 5.82 Å². The first-order chi connectivity index (χ1) is 11.7. The summed E-state index contributed by atoms with van der Waals surface area (Å²) in [7, 11) is 1.57. The first-order valence-corrected chi connectivity index (χ1v) is 8.18. The van der Waals surface area contributed by atoms with Crippen LogP contribution in [0.5, 0.6) is 0 Å². The highest BCUT2D eigenvalue weighted by Crippen LogP contribution is 2.32. The standard InChI is InChI=1S/C17H22FN3O3/c1-23-11-12(22)10-21-9-5-4-8-15(21)17-20-19-16(24-17)13-6-2-3-7-14(13)18/h2-3,6-7,12,15,22H,4-5,8-11H2,1H3/t12-,15+/m0/s1. The molecule has 1 fully saturated rings. The van der Waals surface area contributed by atoms with Crippen molar-refractivity contribution >= 4 is 0 Å². The molecule has 0 radical (unpaired) electrons. The second-order valence-electron chi connectivity index (χ2n) is 6.04. The highest BCUT2D eigenvalue weighted by atomic mass is 19.1. The zero-order valence-electron chi connectivity index (χ0n) is 13.7. The Morgan fingerprint density at radius 3 is 3.00 bits per heavy atom. The Morgan fingerprint density at radius 2 is 2.21 bits per heavy atom. The number of aliphatic hydroxyl groups excluding tert-OH is 1. The fraction of sp³-hybridized carbons (Fsp3) is 0.529. The molecule has 2 atom stereocenters. The summed E-state index contributed by atoms with van der Waals surface area (Å²) < 4.78 is 24.6. The van der Waals surface area contributed by atoms with Crippen LogP contribution in [0.4, 0.5) is 4.39 Å². The van der Waals surface area contributed by atoms with Crippen LogP contribution >= 0.6 is 0 Å². The van der Waals surface area contributed by atoms with Crippen molar-refractivity contribution in [2.24, 2.45) is 0 Å². The van der Waals surface area contributed by atoms with E-state index in [4.69, 9.17) is 9.15 Å². The molecule has 0 aliphatic carbocycles. The molecule has 0 saturated carbocycles. The Hall–Kier alpha value is -1.83. The van der Waals surface area contributed by atoms with Gasteiger partial charge in [-0.15, -0.1) is 10.2 Å². The smallest absolute Gasteiger partial charge is 0.250 e. The Morgan fingerprint density at radius 1 is 1.38 bits per heavy atom. The van der Waals surface area contributed by atoms with E-state index in [1.807, 2.05) is 0 Å². The molecule has 130 valence electrons. The van der Waals surface area contributed by atoms with Crippen molar-refractivity contribution in [2.45, 2.75) is 31.4 Å². The van der Waals surface area contributed by atoms with Crippen molar-refractivity contribution in [3.05, 3.63) is 36.0 Å². The number of piperidine rings is 1. The van der Waals surface area contributed by atoms with Crippen molar-refractivity contribution in [1.29, 1.82) is 0 Å². The van der Waals surface area contributed by atoms with E-state index in [1.54, 1.807) is 25.3 Å². The summed E-state index contributed by atoms with van der Waals surface area (Å²) in [6.45, 7) is 1.62. The molecule has 0 spiro atoms. The third-order valence-corrected chi connectivity index (χ3v) is 4.25. The summed E-state index contributed by atoms with van der Waals surface area (Å²) in [6, 6.07) is 6.28. The van der Waals surface area contributed by atoms with Gasteiger partial charge in [0.05, 0.1) is 24.3 Å². The van der Waals surface area contributed by atoms with Crippen LogP contribution < -0.4 is 0 Å². The number of β-amino-alcohol motifs (C(OH)–C–C–N with tert-alkyl or cyclic N) is 1. The topological polar surface area (TPSA) is 71.6 Å². The predicted octanol–water partition coefficient (Wildman–Crippen LogP) is 2.41. The lowest BCUT2D eigenvalue weighted by Crippen LogP contribution is -2.40. The minimum Gasteiger partial charge on any atom is -0.419 e. The molecule has 2 heterocycles. The van der Waals surface area contributed by atoms with Gasteiger partial charge in [-0.1, -0.05) is 18.6 Å². The molecule has 1 N–H and O–H groups in total. The van der Waals surface area contributed by atoms with E-state index >= 15 is 0 Å². The lowest BCUT2D eigenvalue weighted by Gasteiger charge is -2.34. The van der Waals surface area contributed by atoms with Gasteiger partial charge in [-0.05, 0) is 31.5 Å². The fourth-order valence-electron chi connectivity index (χ4n) is 3.12. The van der Waals surface area contributed by atoms with E-state index < -0.39 is 6.10 Å². The molecule has 6 nitrogen and oxygen atoms in total. The van der Waals surface area contributed by atoms with Crippen LogP contribution in [0.15, 0.2) is 28.7 Å². The Kier molecular flexibility index (Phi) is 5.55. The van der Waals surface area contributed by atoms with E-state index in [0.717, 1.165) is 25.8 Å². The lowest BCUT2D eigenvalue weighted by atomic mass is 10.0. The SMILES string of the molecule is COC[C@@H](O)CN1CCCC[C@@H]1c1nnc(-c2ccccc2F)o1. The molecule has 0 amide bonds. The number of benzene rings is 1. The second-order valence-corrected chi connectivity index (χ2v) is 6.04. The molecule has 1 saturated heterocycles. The number of hydrogen-bond donors (Lipinski definition) is 1. The summed E-state index contributed by atoms with van der Waals surface area (Å²) in [5.41, 5.74) is 0.304. The van der Waals surface area contributed by atoms with Crippen LogP contribution in [0, 0.1) is 5.82 Å². The van der Waals surface area contributed by atoms with Gasteiger partial charge < -0.3 is 14.3 Å². The van der Waals surface area contributed by atoms with Crippen molar-refractivity contribution in [3.63, 3.8) is 0 Å². The molecular formula is C17H22FN3O3. The van der Waals surface area contributed by atoms with Crippen LogP contribution in [0.3, 0.4) is 0 Å². The molecule has 2 aromatic rings. The Labute approximate surface area is 140 Å². The number of rotatable bonds is 6. The maximum Gasteiger partial charge on any atom is 0.250 e. The zero-order chi connectivity index (χ0) is 16.9. The summed E-state index contributed by atoms with van der Waals surface area (Å²) in [5, 5.41) is 18.1. The average molecular weight is 335 g/mol. The zero-order valence-corrected chi connectivity index (χ0v) is 13.7. The largest absolute Gasteiger partial charge is 0.419 e. The van der Waals surface area contributed by atoms with Crippen LogP contribution in [-0.2, 0) is 4.74 Å². The molecule has 1 aromatic heterocycles. The number of methoxy groups -OCH3 is 1. The van der Waals surface area contributed by atoms with Gasteiger partial charge in [0.15, 0.2) is 0 Å². The summed E-state index contributed by atoms with van der Waals surface area (Å²) in [6.07, 6.45) is 2.42. The number of ether oxygens (including phenoxy) is 1. The first kappa shape index (κ1) is 17.0. The number of likely N-dealkylation sites (tertiary alicyclic amines) is 1. The van der Waals surface area contributed by atoms with Gasteiger partial charge in [0.25, 0.3) is 5.89 Å². The monoisotopic (exact) mass is 335 g/mol. The van der Waals surface area contributed by atoms with Gasteiger partial charge in [-0.25, -0.2) is 4.39 Å². The average Bonchev–Trinajstić information content (AvgIpc) is 3.05. The lowest BCUT2D eigenvalue weighted by molar-refractivity contribution is 0.0131. The van der Waals surface area contributed by atoms with E-state index in [9.17, 15) is 9.50 Å². The Balaban J connectivity index is 1.78. The maximum atomic E-state index is 13.9. The van der Waals surface area contributed by atoms with E-state index in [-0.39, 0.29) is 24.4 Å². The Bertz CT molecular complexity index is 664. The summed E-state index contributed by atoms with van der Waals surface area (Å²) in [5.74, 6) is 0.271. The number of aromatic nitrogens is 2. The third kappa shape index (κ3) is 3.80. The molecule has 1 aliphatic heterocycles. The van der Waals surface area contributed by atoms with E-state index in [2.05, 4.69) is 15.1 Å². The highest BCUT2D eigenvalue weighted by Gasteiger charge is 2.30. The van der Waals surface area contributed by atoms with Crippen LogP contribution in [0.1, 0.15) is 31.2 Å². The van der Waals surface area contributed by atoms with Gasteiger partial charge >= 0.3 is 0 Å². The molecule has 1 aromatic carbocycles. The van der Waals surface area contributed by atoms with Crippen molar-refractivity contribution in [3.8, 4) is 11.5 Å². The van der Waals surface area contributed by atoms with Gasteiger partial charge in [-0.2, -0.15) is 0 Å². The van der Waals surface area contributed by atoms with Crippen LogP contribution in [-0.4, -0.2) is 53.1 Å². The predicted molar refractivity (Wildman–Crippen MR) is 85.7 cm³/mol. The molecular weight excluding hydrogens is 313 g/mol. The molecule has 3 rings (SSSR count). The van der Waals surface area contributed by atoms with Crippen LogP contribution in [0.25, 0.3) is 11.5 Å². The second kappa shape index (κ2) is 7.83. The summed E-state index contributed by atoms with van der Waals surface area (Å²) in [4.78, 5) is 2.13. The number of halogens is 1. The quantitative estimate of drug-likeness (QED) is 0.874. The summed E-state index contributed by atoms with van der Waals surface area (Å²) >= 11 is 0. The molecule has 0 bridgehead atoms. The third-order valence-electron chi connectivity index (χ3n) is 4.25.